The summed E-state index contributed by atoms with van der Waals surface area (Å²) in [6, 6.07) is 11.9. The number of aliphatic hydroxyl groups excluding tert-OH is 1. The van der Waals surface area contributed by atoms with Crippen LogP contribution in [0.1, 0.15) is 16.7 Å². The van der Waals surface area contributed by atoms with E-state index in [1.165, 1.54) is 5.56 Å². The van der Waals surface area contributed by atoms with Gasteiger partial charge in [-0.15, -0.1) is 0 Å². The molecule has 112 valence electrons. The van der Waals surface area contributed by atoms with E-state index in [-0.39, 0.29) is 0 Å². The largest absolute Gasteiger partial charge is 0.389 e. The van der Waals surface area contributed by atoms with Crippen molar-refractivity contribution >= 4 is 0 Å². The lowest BCUT2D eigenvalue weighted by molar-refractivity contribution is 0.0287. The quantitative estimate of drug-likeness (QED) is 0.780. The third kappa shape index (κ3) is 5.63. The summed E-state index contributed by atoms with van der Waals surface area (Å²) in [6.45, 7) is 4.13. The van der Waals surface area contributed by atoms with Crippen LogP contribution in [0.15, 0.2) is 48.8 Å². The molecule has 0 saturated heterocycles. The van der Waals surface area contributed by atoms with Crippen LogP contribution in [-0.4, -0.2) is 29.3 Å². The Morgan fingerprint density at radius 1 is 1.24 bits per heavy atom. The Labute approximate surface area is 125 Å². The molecule has 2 rings (SSSR count). The maximum Gasteiger partial charge on any atom is 0.0897 e. The minimum Gasteiger partial charge on any atom is -0.389 e. The number of aromatic nitrogens is 1. The average Bonchev–Trinajstić information content (AvgIpc) is 2.50. The number of nitrogens with zero attached hydrogens (tertiary/aromatic N) is 1. The van der Waals surface area contributed by atoms with Crippen LogP contribution < -0.4 is 5.32 Å². The van der Waals surface area contributed by atoms with Crippen molar-refractivity contribution in [2.45, 2.75) is 26.2 Å². The van der Waals surface area contributed by atoms with Crippen LogP contribution in [0, 0.1) is 6.92 Å². The smallest absolute Gasteiger partial charge is 0.0897 e. The summed E-state index contributed by atoms with van der Waals surface area (Å²) < 4.78 is 5.51. The molecule has 1 unspecified atom stereocenters. The number of pyridine rings is 1. The van der Waals surface area contributed by atoms with E-state index in [2.05, 4.69) is 10.3 Å². The molecule has 4 nitrogen and oxygen atoms in total. The van der Waals surface area contributed by atoms with Gasteiger partial charge in [-0.3, -0.25) is 4.98 Å². The lowest BCUT2D eigenvalue weighted by Gasteiger charge is -2.13. The minimum absolute atomic E-state index is 0.331. The molecule has 0 aliphatic carbocycles. The molecule has 1 atom stereocenters. The summed E-state index contributed by atoms with van der Waals surface area (Å²) in [4.78, 5) is 4.06. The fraction of sp³-hybridized carbons (Fsp3) is 0.353. The molecule has 0 spiro atoms. The van der Waals surface area contributed by atoms with E-state index in [0.29, 0.717) is 19.8 Å². The van der Waals surface area contributed by atoms with E-state index >= 15 is 0 Å². The van der Waals surface area contributed by atoms with Gasteiger partial charge in [-0.05, 0) is 29.7 Å². The summed E-state index contributed by atoms with van der Waals surface area (Å²) in [6.07, 6.45) is 3.12. The Balaban J connectivity index is 1.62. The highest BCUT2D eigenvalue weighted by Crippen LogP contribution is 2.04. The summed E-state index contributed by atoms with van der Waals surface area (Å²) in [5, 5.41) is 13.1. The highest BCUT2D eigenvalue weighted by atomic mass is 16.5. The van der Waals surface area contributed by atoms with E-state index < -0.39 is 6.10 Å². The zero-order valence-corrected chi connectivity index (χ0v) is 12.3. The van der Waals surface area contributed by atoms with Gasteiger partial charge < -0.3 is 15.2 Å². The van der Waals surface area contributed by atoms with Crippen molar-refractivity contribution in [1.82, 2.24) is 10.3 Å². The van der Waals surface area contributed by atoms with Crippen molar-refractivity contribution < 1.29 is 9.84 Å². The van der Waals surface area contributed by atoms with Gasteiger partial charge in [-0.2, -0.15) is 0 Å². The third-order valence-corrected chi connectivity index (χ3v) is 3.25. The summed E-state index contributed by atoms with van der Waals surface area (Å²) in [5.41, 5.74) is 3.47. The number of aryl methyl sites for hydroxylation is 1. The highest BCUT2D eigenvalue weighted by molar-refractivity contribution is 5.21. The number of hydrogen-bond acceptors (Lipinski definition) is 4. The Kier molecular flexibility index (Phi) is 6.34. The monoisotopic (exact) mass is 286 g/mol. The number of aliphatic hydroxyl groups is 1. The number of rotatable bonds is 8. The molecule has 0 amide bonds. The van der Waals surface area contributed by atoms with Gasteiger partial charge in [0.05, 0.1) is 19.3 Å². The fourth-order valence-corrected chi connectivity index (χ4v) is 2.02. The molecular formula is C17H22N2O2. The molecule has 0 radical (unpaired) electrons. The van der Waals surface area contributed by atoms with Gasteiger partial charge in [-0.25, -0.2) is 0 Å². The Morgan fingerprint density at radius 3 is 2.81 bits per heavy atom. The second-order valence-corrected chi connectivity index (χ2v) is 5.09. The normalized spacial score (nSPS) is 12.3. The molecule has 2 N–H and O–H groups in total. The minimum atomic E-state index is -0.504. The van der Waals surface area contributed by atoms with Gasteiger partial charge in [0.15, 0.2) is 0 Å². The summed E-state index contributed by atoms with van der Waals surface area (Å²) >= 11 is 0. The first kappa shape index (κ1) is 15.6. The topological polar surface area (TPSA) is 54.4 Å². The molecule has 4 heteroatoms. The SMILES string of the molecule is Cc1cnccc1CNCC(O)COCc1ccccc1. The molecule has 1 aromatic carbocycles. The van der Waals surface area contributed by atoms with Crippen molar-refractivity contribution in [3.05, 3.63) is 65.5 Å². The van der Waals surface area contributed by atoms with Crippen molar-refractivity contribution in [2.24, 2.45) is 0 Å². The Morgan fingerprint density at radius 2 is 2.05 bits per heavy atom. The maximum absolute atomic E-state index is 9.87. The summed E-state index contributed by atoms with van der Waals surface area (Å²) in [7, 11) is 0. The Hall–Kier alpha value is -1.75. The van der Waals surface area contributed by atoms with Crippen LogP contribution in [0.5, 0.6) is 0 Å². The van der Waals surface area contributed by atoms with E-state index in [9.17, 15) is 5.11 Å². The van der Waals surface area contributed by atoms with Gasteiger partial charge in [-0.1, -0.05) is 30.3 Å². The van der Waals surface area contributed by atoms with Crippen LogP contribution in [-0.2, 0) is 17.9 Å². The molecule has 0 bridgehead atoms. The molecular weight excluding hydrogens is 264 g/mol. The van der Waals surface area contributed by atoms with E-state index in [0.717, 1.165) is 17.7 Å². The first-order chi connectivity index (χ1) is 10.3. The first-order valence-electron chi connectivity index (χ1n) is 7.15. The molecule has 0 fully saturated rings. The van der Waals surface area contributed by atoms with Gasteiger partial charge in [0, 0.05) is 25.5 Å². The zero-order valence-electron chi connectivity index (χ0n) is 12.3. The average molecular weight is 286 g/mol. The lowest BCUT2D eigenvalue weighted by atomic mass is 10.1. The van der Waals surface area contributed by atoms with E-state index in [1.807, 2.05) is 49.5 Å². The van der Waals surface area contributed by atoms with Gasteiger partial charge >= 0.3 is 0 Å². The molecule has 1 heterocycles. The number of hydrogen-bond donors (Lipinski definition) is 2. The lowest BCUT2D eigenvalue weighted by Crippen LogP contribution is -2.30. The number of ether oxygens (including phenoxy) is 1. The van der Waals surface area contributed by atoms with Crippen LogP contribution in [0.3, 0.4) is 0 Å². The van der Waals surface area contributed by atoms with Crippen molar-refractivity contribution in [3.63, 3.8) is 0 Å². The standard InChI is InChI=1S/C17H22N2O2/c1-14-9-18-8-7-16(14)10-19-11-17(20)13-21-12-15-5-3-2-4-6-15/h2-9,17,19-20H,10-13H2,1H3. The number of nitrogens with one attached hydrogen (secondary N) is 1. The van der Waals surface area contributed by atoms with Crippen LogP contribution in [0.25, 0.3) is 0 Å². The van der Waals surface area contributed by atoms with E-state index in [4.69, 9.17) is 4.74 Å². The van der Waals surface area contributed by atoms with Crippen LogP contribution >= 0.6 is 0 Å². The number of benzene rings is 1. The first-order valence-corrected chi connectivity index (χ1v) is 7.15. The maximum atomic E-state index is 9.87. The molecule has 1 aromatic heterocycles. The van der Waals surface area contributed by atoms with Crippen LogP contribution in [0.4, 0.5) is 0 Å². The zero-order chi connectivity index (χ0) is 14.9. The van der Waals surface area contributed by atoms with E-state index in [1.54, 1.807) is 6.20 Å². The molecule has 0 aliphatic rings. The second kappa shape index (κ2) is 8.52. The van der Waals surface area contributed by atoms with Crippen molar-refractivity contribution in [1.29, 1.82) is 0 Å². The van der Waals surface area contributed by atoms with Crippen molar-refractivity contribution in [3.8, 4) is 0 Å². The predicted molar refractivity (Wildman–Crippen MR) is 82.8 cm³/mol. The van der Waals surface area contributed by atoms with Gasteiger partial charge in [0.25, 0.3) is 0 Å². The predicted octanol–water partition coefficient (Wildman–Crippen LogP) is 2.06. The highest BCUT2D eigenvalue weighted by Gasteiger charge is 2.05. The Bertz CT molecular complexity index is 531. The molecule has 21 heavy (non-hydrogen) atoms. The van der Waals surface area contributed by atoms with Gasteiger partial charge in [0.1, 0.15) is 0 Å². The summed E-state index contributed by atoms with van der Waals surface area (Å²) in [5.74, 6) is 0. The molecule has 2 aromatic rings. The molecule has 0 aliphatic heterocycles. The third-order valence-electron chi connectivity index (χ3n) is 3.25. The van der Waals surface area contributed by atoms with Crippen LogP contribution in [0.2, 0.25) is 0 Å². The molecule has 0 saturated carbocycles. The fourth-order valence-electron chi connectivity index (χ4n) is 2.02. The second-order valence-electron chi connectivity index (χ2n) is 5.09. The van der Waals surface area contributed by atoms with Gasteiger partial charge in [0.2, 0.25) is 0 Å². The van der Waals surface area contributed by atoms with Crippen molar-refractivity contribution in [2.75, 3.05) is 13.2 Å².